The van der Waals surface area contributed by atoms with Crippen LogP contribution in [0, 0.1) is 6.92 Å². The molecule has 2 aliphatic heterocycles. The Labute approximate surface area is 177 Å². The van der Waals surface area contributed by atoms with Gasteiger partial charge in [-0.15, -0.1) is 11.3 Å². The van der Waals surface area contributed by atoms with E-state index in [0.29, 0.717) is 27.8 Å². The predicted octanol–water partition coefficient (Wildman–Crippen LogP) is 3.73. The van der Waals surface area contributed by atoms with Crippen molar-refractivity contribution in [1.82, 2.24) is 9.88 Å². The normalized spacial score (nSPS) is 19.5. The van der Waals surface area contributed by atoms with E-state index in [4.69, 9.17) is 9.47 Å². The highest BCUT2D eigenvalue weighted by molar-refractivity contribution is 7.15. The van der Waals surface area contributed by atoms with Crippen molar-refractivity contribution in [3.05, 3.63) is 70.2 Å². The Morgan fingerprint density at radius 3 is 2.80 bits per heavy atom. The van der Waals surface area contributed by atoms with Gasteiger partial charge in [0.25, 0.3) is 5.91 Å². The number of benzene rings is 2. The number of nitrogens with zero attached hydrogens (tertiary/aromatic N) is 2. The Morgan fingerprint density at radius 1 is 1.20 bits per heavy atom. The van der Waals surface area contributed by atoms with E-state index in [0.717, 1.165) is 10.4 Å². The van der Waals surface area contributed by atoms with Crippen molar-refractivity contribution in [2.75, 3.05) is 19.2 Å². The smallest absolute Gasteiger partial charge is 0.254 e. The first-order chi connectivity index (χ1) is 14.5. The lowest BCUT2D eigenvalue weighted by Gasteiger charge is -2.39. The van der Waals surface area contributed by atoms with Gasteiger partial charge in [0.2, 0.25) is 12.7 Å². The van der Waals surface area contributed by atoms with Crippen LogP contribution in [0.4, 0.5) is 5.13 Å². The molecule has 0 fully saturated rings. The van der Waals surface area contributed by atoms with Gasteiger partial charge in [-0.3, -0.25) is 9.59 Å². The maximum Gasteiger partial charge on any atom is 0.254 e. The van der Waals surface area contributed by atoms with Crippen LogP contribution in [0.3, 0.4) is 0 Å². The van der Waals surface area contributed by atoms with Crippen molar-refractivity contribution in [3.8, 4) is 11.5 Å². The average Bonchev–Trinajstić information content (AvgIpc) is 3.38. The van der Waals surface area contributed by atoms with Gasteiger partial charge in [0.1, 0.15) is 0 Å². The molecule has 0 unspecified atom stereocenters. The third-order valence-corrected chi connectivity index (χ3v) is 6.28. The molecule has 0 bridgehead atoms. The van der Waals surface area contributed by atoms with Gasteiger partial charge in [-0.1, -0.05) is 24.3 Å². The summed E-state index contributed by atoms with van der Waals surface area (Å²) in [6.07, 6.45) is 1.72. The third-order valence-electron chi connectivity index (χ3n) is 5.45. The number of hydrogen-bond donors (Lipinski definition) is 1. The number of thiazole rings is 1. The summed E-state index contributed by atoms with van der Waals surface area (Å²) in [5.41, 5.74) is 2.04. The Bertz CT molecular complexity index is 1160. The maximum atomic E-state index is 13.5. The van der Waals surface area contributed by atoms with E-state index in [-0.39, 0.29) is 18.6 Å². The first kappa shape index (κ1) is 18.6. The van der Waals surface area contributed by atoms with Crippen molar-refractivity contribution in [2.45, 2.75) is 18.9 Å². The summed E-state index contributed by atoms with van der Waals surface area (Å²) in [6, 6.07) is 12.3. The zero-order valence-corrected chi connectivity index (χ0v) is 17.2. The molecule has 8 heteroatoms. The van der Waals surface area contributed by atoms with Gasteiger partial charge in [-0.05, 0) is 36.2 Å². The molecule has 2 aliphatic rings. The van der Waals surface area contributed by atoms with Crippen molar-refractivity contribution in [1.29, 1.82) is 0 Å². The highest BCUT2D eigenvalue weighted by atomic mass is 32.1. The fourth-order valence-electron chi connectivity index (χ4n) is 4.07. The van der Waals surface area contributed by atoms with E-state index in [1.807, 2.05) is 43.3 Å². The van der Waals surface area contributed by atoms with Crippen LogP contribution in [0.1, 0.15) is 38.3 Å². The van der Waals surface area contributed by atoms with Crippen LogP contribution >= 0.6 is 11.3 Å². The van der Waals surface area contributed by atoms with E-state index >= 15 is 0 Å². The lowest BCUT2D eigenvalue weighted by atomic mass is 9.79. The molecular weight excluding hydrogens is 402 g/mol. The Morgan fingerprint density at radius 2 is 2.00 bits per heavy atom. The second-order valence-corrected chi connectivity index (χ2v) is 8.54. The van der Waals surface area contributed by atoms with Gasteiger partial charge in [0.15, 0.2) is 16.6 Å². The van der Waals surface area contributed by atoms with Gasteiger partial charge in [0, 0.05) is 23.7 Å². The summed E-state index contributed by atoms with van der Waals surface area (Å²) in [7, 11) is 1.72. The van der Waals surface area contributed by atoms with Crippen LogP contribution in [0.15, 0.2) is 48.7 Å². The molecule has 0 radical (unpaired) electrons. The standard InChI is InChI=1S/C22H19N3O4S/c1-12-10-23-22(30-12)24-20(26)18-14-5-3-4-6-15(14)21(27)25(2)19(18)13-7-8-16-17(9-13)29-11-28-16/h3-10,18-19H,11H2,1-2H3,(H,23,24,26)/t18-,19-/m1/s1. The number of fused-ring (bicyclic) bond motifs is 2. The van der Waals surface area contributed by atoms with Crippen LogP contribution in [0.2, 0.25) is 0 Å². The minimum atomic E-state index is -0.603. The number of rotatable bonds is 3. The topological polar surface area (TPSA) is 80.8 Å². The molecule has 0 spiro atoms. The molecule has 1 N–H and O–H groups in total. The Hall–Kier alpha value is -3.39. The Balaban J connectivity index is 1.61. The van der Waals surface area contributed by atoms with E-state index in [2.05, 4.69) is 10.3 Å². The molecule has 0 saturated heterocycles. The van der Waals surface area contributed by atoms with E-state index in [1.165, 1.54) is 11.3 Å². The summed E-state index contributed by atoms with van der Waals surface area (Å²) in [5, 5.41) is 3.48. The number of ether oxygens (including phenoxy) is 2. The lowest BCUT2D eigenvalue weighted by Crippen LogP contribution is -2.44. The Kier molecular flexibility index (Phi) is 4.43. The number of nitrogens with one attached hydrogen (secondary N) is 1. The van der Waals surface area contributed by atoms with Crippen LogP contribution in [-0.2, 0) is 4.79 Å². The summed E-state index contributed by atoms with van der Waals surface area (Å²) < 4.78 is 10.9. The molecule has 7 nitrogen and oxygen atoms in total. The number of carbonyl (C=O) groups is 2. The zero-order valence-electron chi connectivity index (χ0n) is 16.4. The third kappa shape index (κ3) is 3.00. The maximum absolute atomic E-state index is 13.5. The van der Waals surface area contributed by atoms with E-state index in [1.54, 1.807) is 24.2 Å². The second kappa shape index (κ2) is 7.14. The zero-order chi connectivity index (χ0) is 20.8. The number of hydrogen-bond acceptors (Lipinski definition) is 6. The minimum Gasteiger partial charge on any atom is -0.454 e. The number of anilines is 1. The predicted molar refractivity (Wildman–Crippen MR) is 112 cm³/mol. The van der Waals surface area contributed by atoms with Gasteiger partial charge in [0.05, 0.1) is 12.0 Å². The monoisotopic (exact) mass is 421 g/mol. The molecular formula is C22H19N3O4S. The number of aryl methyl sites for hydroxylation is 1. The SMILES string of the molecule is Cc1cnc(NC(=O)[C@@H]2c3ccccc3C(=O)N(C)[C@@H]2c2ccc3c(c2)OCO3)s1. The quantitative estimate of drug-likeness (QED) is 0.697. The van der Waals surface area contributed by atoms with E-state index in [9.17, 15) is 9.59 Å². The molecule has 0 aliphatic carbocycles. The van der Waals surface area contributed by atoms with Gasteiger partial charge >= 0.3 is 0 Å². The lowest BCUT2D eigenvalue weighted by molar-refractivity contribution is -0.119. The summed E-state index contributed by atoms with van der Waals surface area (Å²) in [4.78, 5) is 33.4. The molecule has 3 heterocycles. The molecule has 30 heavy (non-hydrogen) atoms. The summed E-state index contributed by atoms with van der Waals surface area (Å²) in [5.74, 6) is 0.333. The molecule has 152 valence electrons. The van der Waals surface area contributed by atoms with Gasteiger partial charge in [-0.25, -0.2) is 4.98 Å². The molecule has 1 aromatic heterocycles. The number of carbonyl (C=O) groups excluding carboxylic acids is 2. The van der Waals surface area contributed by atoms with Crippen molar-refractivity contribution in [2.24, 2.45) is 0 Å². The van der Waals surface area contributed by atoms with Crippen molar-refractivity contribution >= 4 is 28.3 Å². The van der Waals surface area contributed by atoms with Gasteiger partial charge in [-0.2, -0.15) is 0 Å². The van der Waals surface area contributed by atoms with E-state index < -0.39 is 12.0 Å². The van der Waals surface area contributed by atoms with Crippen LogP contribution in [0.25, 0.3) is 0 Å². The van der Waals surface area contributed by atoms with Gasteiger partial charge < -0.3 is 19.7 Å². The summed E-state index contributed by atoms with van der Waals surface area (Å²) >= 11 is 1.42. The minimum absolute atomic E-state index is 0.123. The molecule has 2 amide bonds. The second-order valence-electron chi connectivity index (χ2n) is 7.30. The molecule has 0 saturated carbocycles. The molecule has 2 atom stereocenters. The molecule has 2 aromatic carbocycles. The summed E-state index contributed by atoms with van der Waals surface area (Å²) in [6.45, 7) is 2.10. The van der Waals surface area contributed by atoms with Crippen molar-refractivity contribution in [3.63, 3.8) is 0 Å². The van der Waals surface area contributed by atoms with Crippen molar-refractivity contribution < 1.29 is 19.1 Å². The largest absolute Gasteiger partial charge is 0.454 e. The first-order valence-electron chi connectivity index (χ1n) is 9.52. The number of likely N-dealkylation sites (N-methyl/N-ethyl adjacent to an activating group) is 1. The highest BCUT2D eigenvalue weighted by Crippen LogP contribution is 2.45. The fraction of sp³-hybridized carbons (Fsp3) is 0.227. The van der Waals surface area contributed by atoms with Crippen LogP contribution in [0.5, 0.6) is 11.5 Å². The molecule has 5 rings (SSSR count). The fourth-order valence-corrected chi connectivity index (χ4v) is 4.73. The average molecular weight is 421 g/mol. The molecule has 3 aromatic rings. The first-order valence-corrected chi connectivity index (χ1v) is 10.3. The van der Waals surface area contributed by atoms with Crippen LogP contribution in [-0.4, -0.2) is 35.5 Å². The van der Waals surface area contributed by atoms with Crippen LogP contribution < -0.4 is 14.8 Å². The highest BCUT2D eigenvalue weighted by Gasteiger charge is 2.43. The number of aromatic nitrogens is 1. The number of amides is 2.